The number of ether oxygens (including phenoxy) is 2. The number of thioether (sulfide) groups is 2. The molecule has 8 nitrogen and oxygen atoms in total. The molecule has 3 heterocycles. The van der Waals surface area contributed by atoms with E-state index in [0.717, 1.165) is 0 Å². The van der Waals surface area contributed by atoms with Crippen LogP contribution in [0, 0.1) is 0 Å². The molecule has 2 aromatic heterocycles. The van der Waals surface area contributed by atoms with Crippen molar-refractivity contribution >= 4 is 40.5 Å². The van der Waals surface area contributed by atoms with Crippen LogP contribution in [-0.2, 0) is 9.47 Å². The molecule has 1 aliphatic rings. The van der Waals surface area contributed by atoms with Gasteiger partial charge in [-0.2, -0.15) is 0 Å². The summed E-state index contributed by atoms with van der Waals surface area (Å²) in [5, 5.41) is 9.72. The molecule has 0 unspecified atom stereocenters. The maximum absolute atomic E-state index is 9.72. The van der Waals surface area contributed by atoms with Crippen molar-refractivity contribution in [3.8, 4) is 0 Å². The summed E-state index contributed by atoms with van der Waals surface area (Å²) in [6.45, 7) is -0.114. The van der Waals surface area contributed by atoms with E-state index in [1.807, 2.05) is 16.7 Å². The molecule has 0 amide bonds. The number of nitrogen functional groups attached to an aromatic ring is 1. The highest BCUT2D eigenvalue weighted by Gasteiger charge is 2.37. The summed E-state index contributed by atoms with van der Waals surface area (Å²) in [4.78, 5) is 14.9. The van der Waals surface area contributed by atoms with Crippen molar-refractivity contribution in [2.45, 2.75) is 34.6 Å². The maximum atomic E-state index is 9.72. The standard InChI is InChI=1S/C18H21N5O3S2/c1-27-13-4-2-3-5-14(13)28-10-25-11-6-15(26-12(11)7-24)23-9-22-16-17(19)20-8-21-18(16)23/h2-5,8-9,11-12,15,24H,6-7,10H2,1H3,(H2,19,20,21)/t11-,12+,15+/m0/s1. The van der Waals surface area contributed by atoms with Gasteiger partial charge in [-0.25, -0.2) is 15.0 Å². The number of fused-ring (bicyclic) bond motifs is 1. The predicted octanol–water partition coefficient (Wildman–Crippen LogP) is 2.55. The van der Waals surface area contributed by atoms with Gasteiger partial charge in [0.2, 0.25) is 0 Å². The fourth-order valence-corrected chi connectivity index (χ4v) is 4.88. The van der Waals surface area contributed by atoms with Gasteiger partial charge < -0.3 is 20.3 Å². The van der Waals surface area contributed by atoms with E-state index in [2.05, 4.69) is 33.3 Å². The fourth-order valence-electron chi connectivity index (χ4n) is 3.21. The lowest BCUT2D eigenvalue weighted by Gasteiger charge is -2.16. The maximum Gasteiger partial charge on any atom is 0.167 e. The first kappa shape index (κ1) is 19.5. The van der Waals surface area contributed by atoms with Crippen LogP contribution in [0.15, 0.2) is 46.7 Å². The monoisotopic (exact) mass is 419 g/mol. The van der Waals surface area contributed by atoms with Crippen molar-refractivity contribution in [2.24, 2.45) is 0 Å². The molecule has 10 heteroatoms. The second-order valence-electron chi connectivity index (χ2n) is 6.25. The topological polar surface area (TPSA) is 108 Å². The number of nitrogens with zero attached hydrogens (tertiary/aromatic N) is 4. The molecule has 3 aromatic rings. The third-order valence-electron chi connectivity index (χ3n) is 4.62. The smallest absolute Gasteiger partial charge is 0.167 e. The van der Waals surface area contributed by atoms with Crippen molar-refractivity contribution < 1.29 is 14.6 Å². The van der Waals surface area contributed by atoms with Gasteiger partial charge in [-0.1, -0.05) is 23.9 Å². The molecule has 1 aliphatic heterocycles. The SMILES string of the molecule is CSc1ccccc1SCO[C@H]1C[C@H](n2cnc3c(N)ncnc32)O[C@@H]1CO. The Balaban J connectivity index is 1.43. The van der Waals surface area contributed by atoms with Gasteiger partial charge in [-0.15, -0.1) is 11.8 Å². The zero-order valence-electron chi connectivity index (χ0n) is 15.3. The number of aliphatic hydroxyl groups excluding tert-OH is 1. The lowest BCUT2D eigenvalue weighted by molar-refractivity contribution is -0.0533. The van der Waals surface area contributed by atoms with E-state index in [1.54, 1.807) is 29.9 Å². The highest BCUT2D eigenvalue weighted by Crippen LogP contribution is 2.35. The third-order valence-corrected chi connectivity index (χ3v) is 6.47. The first-order chi connectivity index (χ1) is 13.7. The van der Waals surface area contributed by atoms with Gasteiger partial charge in [0.25, 0.3) is 0 Å². The van der Waals surface area contributed by atoms with Crippen molar-refractivity contribution in [1.82, 2.24) is 19.5 Å². The Bertz CT molecular complexity index is 954. The van der Waals surface area contributed by atoms with Gasteiger partial charge in [0.05, 0.1) is 25.0 Å². The van der Waals surface area contributed by atoms with E-state index in [1.165, 1.54) is 16.1 Å². The van der Waals surface area contributed by atoms with Crippen LogP contribution in [0.3, 0.4) is 0 Å². The van der Waals surface area contributed by atoms with Crippen LogP contribution in [-0.4, -0.2) is 55.6 Å². The number of nitrogens with two attached hydrogens (primary N) is 1. The molecule has 1 fully saturated rings. The molecule has 148 valence electrons. The average molecular weight is 420 g/mol. The minimum absolute atomic E-state index is 0.114. The van der Waals surface area contributed by atoms with Crippen LogP contribution in [0.25, 0.3) is 11.2 Å². The predicted molar refractivity (Wildman–Crippen MR) is 109 cm³/mol. The number of hydrogen-bond acceptors (Lipinski definition) is 9. The molecule has 1 saturated heterocycles. The van der Waals surface area contributed by atoms with Crippen molar-refractivity contribution in [3.05, 3.63) is 36.9 Å². The van der Waals surface area contributed by atoms with E-state index in [9.17, 15) is 5.11 Å². The van der Waals surface area contributed by atoms with Crippen LogP contribution in [0.1, 0.15) is 12.6 Å². The van der Waals surface area contributed by atoms with E-state index in [4.69, 9.17) is 15.2 Å². The van der Waals surface area contributed by atoms with Crippen molar-refractivity contribution in [1.29, 1.82) is 0 Å². The number of anilines is 1. The summed E-state index contributed by atoms with van der Waals surface area (Å²) in [5.74, 6) is 0.811. The summed E-state index contributed by atoms with van der Waals surface area (Å²) < 4.78 is 13.9. The third kappa shape index (κ3) is 3.83. The molecule has 4 rings (SSSR count). The van der Waals surface area contributed by atoms with Gasteiger partial charge >= 0.3 is 0 Å². The van der Waals surface area contributed by atoms with E-state index in [-0.39, 0.29) is 18.9 Å². The molecule has 28 heavy (non-hydrogen) atoms. The first-order valence-electron chi connectivity index (χ1n) is 8.78. The lowest BCUT2D eigenvalue weighted by atomic mass is 10.2. The van der Waals surface area contributed by atoms with Crippen LogP contribution < -0.4 is 5.73 Å². The molecule has 0 aliphatic carbocycles. The number of aromatic nitrogens is 4. The normalized spacial score (nSPS) is 22.1. The van der Waals surface area contributed by atoms with Crippen LogP contribution in [0.4, 0.5) is 5.82 Å². The lowest BCUT2D eigenvalue weighted by Crippen LogP contribution is -2.27. The van der Waals surface area contributed by atoms with Crippen LogP contribution >= 0.6 is 23.5 Å². The summed E-state index contributed by atoms with van der Waals surface area (Å²) in [6.07, 6.45) is 4.74. The quantitative estimate of drug-likeness (QED) is 0.441. The summed E-state index contributed by atoms with van der Waals surface area (Å²) in [7, 11) is 0. The molecular weight excluding hydrogens is 398 g/mol. The fraction of sp³-hybridized carbons (Fsp3) is 0.389. The summed E-state index contributed by atoms with van der Waals surface area (Å²) in [5.41, 5.74) is 7.01. The largest absolute Gasteiger partial charge is 0.394 e. The van der Waals surface area contributed by atoms with E-state index >= 15 is 0 Å². The Morgan fingerprint density at radius 1 is 1.29 bits per heavy atom. The molecule has 0 radical (unpaired) electrons. The van der Waals surface area contributed by atoms with E-state index in [0.29, 0.717) is 29.3 Å². The zero-order chi connectivity index (χ0) is 19.5. The summed E-state index contributed by atoms with van der Waals surface area (Å²) in [6, 6.07) is 8.22. The first-order valence-corrected chi connectivity index (χ1v) is 11.0. The van der Waals surface area contributed by atoms with Gasteiger partial charge in [0, 0.05) is 16.2 Å². The number of benzene rings is 1. The molecule has 1 aromatic carbocycles. The molecule has 3 atom stereocenters. The molecule has 0 bridgehead atoms. The Kier molecular flexibility index (Phi) is 6.02. The zero-order valence-corrected chi connectivity index (χ0v) is 16.9. The Labute approximate surface area is 170 Å². The van der Waals surface area contributed by atoms with Gasteiger partial charge in [-0.05, 0) is 18.4 Å². The van der Waals surface area contributed by atoms with Gasteiger partial charge in [0.1, 0.15) is 24.2 Å². The van der Waals surface area contributed by atoms with Crippen molar-refractivity contribution in [3.63, 3.8) is 0 Å². The Morgan fingerprint density at radius 2 is 2.11 bits per heavy atom. The molecular formula is C18H21N5O3S2. The molecule has 3 N–H and O–H groups in total. The molecule has 0 saturated carbocycles. The summed E-state index contributed by atoms with van der Waals surface area (Å²) >= 11 is 3.35. The highest BCUT2D eigenvalue weighted by atomic mass is 32.2. The van der Waals surface area contributed by atoms with Crippen molar-refractivity contribution in [2.75, 3.05) is 24.5 Å². The number of imidazole rings is 1. The highest BCUT2D eigenvalue weighted by molar-refractivity contribution is 8.01. The number of hydrogen-bond donors (Lipinski definition) is 2. The number of aliphatic hydroxyl groups is 1. The second-order valence-corrected chi connectivity index (χ2v) is 8.06. The average Bonchev–Trinajstić information content (AvgIpc) is 3.33. The van der Waals surface area contributed by atoms with Crippen LogP contribution in [0.5, 0.6) is 0 Å². The van der Waals surface area contributed by atoms with Crippen LogP contribution in [0.2, 0.25) is 0 Å². The minimum atomic E-state index is -0.405. The Morgan fingerprint density at radius 3 is 2.89 bits per heavy atom. The number of rotatable bonds is 7. The second kappa shape index (κ2) is 8.66. The van der Waals surface area contributed by atoms with E-state index < -0.39 is 6.10 Å². The van der Waals surface area contributed by atoms with Gasteiger partial charge in [-0.3, -0.25) is 4.57 Å². The Hall–Kier alpha value is -1.85. The van der Waals surface area contributed by atoms with Gasteiger partial charge in [0.15, 0.2) is 11.5 Å². The molecule has 0 spiro atoms. The minimum Gasteiger partial charge on any atom is -0.394 e.